The van der Waals surface area contributed by atoms with Crippen molar-refractivity contribution < 1.29 is 18.0 Å². The van der Waals surface area contributed by atoms with Crippen LogP contribution in [0.5, 0.6) is 0 Å². The highest BCUT2D eigenvalue weighted by molar-refractivity contribution is 7.88. The van der Waals surface area contributed by atoms with Crippen LogP contribution >= 0.6 is 0 Å². The van der Waals surface area contributed by atoms with E-state index < -0.39 is 16.1 Å². The zero-order valence-electron chi connectivity index (χ0n) is 16.4. The highest BCUT2D eigenvalue weighted by atomic mass is 32.2. The summed E-state index contributed by atoms with van der Waals surface area (Å²) >= 11 is 0. The van der Waals surface area contributed by atoms with E-state index in [1.807, 2.05) is 0 Å². The van der Waals surface area contributed by atoms with Gasteiger partial charge < -0.3 is 10.2 Å². The zero-order valence-corrected chi connectivity index (χ0v) is 17.2. The molecule has 2 amide bonds. The van der Waals surface area contributed by atoms with Gasteiger partial charge in [-0.3, -0.25) is 14.5 Å². The first-order valence-electron chi connectivity index (χ1n) is 9.11. The van der Waals surface area contributed by atoms with Crippen molar-refractivity contribution in [2.45, 2.75) is 58.7 Å². The molecule has 2 rings (SSSR count). The molecule has 2 saturated heterocycles. The number of fused-ring (bicyclic) bond motifs is 1. The maximum Gasteiger partial charge on any atom is 0.246 e. The van der Waals surface area contributed by atoms with Crippen LogP contribution in [0.25, 0.3) is 0 Å². The molecule has 0 bridgehead atoms. The van der Waals surface area contributed by atoms with Crippen molar-refractivity contribution in [3.8, 4) is 0 Å². The monoisotopic (exact) mass is 388 g/mol. The van der Waals surface area contributed by atoms with Crippen LogP contribution in [0, 0.1) is 5.41 Å². The molecule has 2 N–H and O–H groups in total. The molecule has 8 nitrogen and oxygen atoms in total. The van der Waals surface area contributed by atoms with Crippen LogP contribution in [0.1, 0.15) is 40.5 Å². The van der Waals surface area contributed by atoms with Crippen molar-refractivity contribution in [3.05, 3.63) is 0 Å². The smallest absolute Gasteiger partial charge is 0.246 e. The molecular weight excluding hydrogens is 356 g/mol. The molecule has 0 spiro atoms. The zero-order chi connectivity index (χ0) is 19.7. The molecule has 0 aromatic carbocycles. The van der Waals surface area contributed by atoms with Gasteiger partial charge >= 0.3 is 0 Å². The van der Waals surface area contributed by atoms with Gasteiger partial charge in [0.25, 0.3) is 0 Å². The number of carbonyl (C=O) groups is 2. The highest BCUT2D eigenvalue weighted by Gasteiger charge is 2.42. The second-order valence-electron chi connectivity index (χ2n) is 8.79. The van der Waals surface area contributed by atoms with Gasteiger partial charge in [0.05, 0.1) is 6.26 Å². The van der Waals surface area contributed by atoms with Gasteiger partial charge in [0, 0.05) is 38.6 Å². The second-order valence-corrected chi connectivity index (χ2v) is 10.6. The first-order chi connectivity index (χ1) is 11.8. The first kappa shape index (κ1) is 21.1. The van der Waals surface area contributed by atoms with Crippen molar-refractivity contribution in [3.63, 3.8) is 0 Å². The maximum absolute atomic E-state index is 12.9. The number of sulfonamides is 1. The Balaban J connectivity index is 2.16. The van der Waals surface area contributed by atoms with E-state index in [9.17, 15) is 18.0 Å². The standard InChI is InChI=1S/C17H32N4O4S/c1-12(22)18-15-11-20(7-6-17(2,3)4)10-14-8-13(19-26(5,24)25)9-21(14)16(15)23/h13-15,19H,6-11H2,1-5H3,(H,18,22)/t13-,14-,15-/m0/s1. The number of rotatable bonds is 5. The van der Waals surface area contributed by atoms with Crippen molar-refractivity contribution in [1.29, 1.82) is 0 Å². The Labute approximate surface area is 156 Å². The number of hydrogen-bond acceptors (Lipinski definition) is 5. The number of amides is 2. The highest BCUT2D eigenvalue weighted by Crippen LogP contribution is 2.25. The van der Waals surface area contributed by atoms with Gasteiger partial charge in [-0.25, -0.2) is 13.1 Å². The number of hydrogen-bond donors (Lipinski definition) is 2. The molecule has 0 aromatic rings. The summed E-state index contributed by atoms with van der Waals surface area (Å²) in [6, 6.07) is -0.908. The molecule has 3 atom stereocenters. The summed E-state index contributed by atoms with van der Waals surface area (Å²) in [6.07, 6.45) is 2.71. The Morgan fingerprint density at radius 3 is 2.42 bits per heavy atom. The third kappa shape index (κ3) is 6.21. The molecule has 2 fully saturated rings. The Morgan fingerprint density at radius 2 is 1.88 bits per heavy atom. The minimum Gasteiger partial charge on any atom is -0.343 e. The topological polar surface area (TPSA) is 98.8 Å². The normalized spacial score (nSPS) is 28.0. The van der Waals surface area contributed by atoms with E-state index in [4.69, 9.17) is 0 Å². The maximum atomic E-state index is 12.9. The summed E-state index contributed by atoms with van der Waals surface area (Å²) in [4.78, 5) is 28.4. The quantitative estimate of drug-likeness (QED) is 0.677. The predicted octanol–water partition coefficient (Wildman–Crippen LogP) is -0.238. The third-order valence-electron chi connectivity index (χ3n) is 4.84. The van der Waals surface area contributed by atoms with Crippen molar-refractivity contribution in [2.24, 2.45) is 5.41 Å². The largest absolute Gasteiger partial charge is 0.343 e. The summed E-state index contributed by atoms with van der Waals surface area (Å²) in [6.45, 7) is 10.3. The van der Waals surface area contributed by atoms with Crippen LogP contribution in [-0.2, 0) is 19.6 Å². The van der Waals surface area contributed by atoms with Crippen molar-refractivity contribution in [1.82, 2.24) is 19.8 Å². The fourth-order valence-electron chi connectivity index (χ4n) is 3.69. The van der Waals surface area contributed by atoms with Crippen LogP contribution in [0.15, 0.2) is 0 Å². The Bertz CT molecular complexity index is 644. The van der Waals surface area contributed by atoms with Gasteiger partial charge in [-0.05, 0) is 24.8 Å². The van der Waals surface area contributed by atoms with Gasteiger partial charge in [-0.1, -0.05) is 20.8 Å². The summed E-state index contributed by atoms with van der Waals surface area (Å²) < 4.78 is 25.7. The van der Waals surface area contributed by atoms with Gasteiger partial charge in [0.2, 0.25) is 21.8 Å². The van der Waals surface area contributed by atoms with Crippen LogP contribution < -0.4 is 10.0 Å². The molecule has 26 heavy (non-hydrogen) atoms. The van der Waals surface area contributed by atoms with E-state index in [1.165, 1.54) is 6.92 Å². The fourth-order valence-corrected chi connectivity index (χ4v) is 4.46. The number of nitrogens with one attached hydrogen (secondary N) is 2. The molecule has 9 heteroatoms. The SMILES string of the molecule is CC(=O)N[C@H]1CN(CCC(C)(C)C)C[C@@H]2C[C@H](NS(C)(=O)=O)CN2C1=O. The van der Waals surface area contributed by atoms with E-state index in [2.05, 4.69) is 35.7 Å². The fraction of sp³-hybridized carbons (Fsp3) is 0.882. The van der Waals surface area contributed by atoms with E-state index in [1.54, 1.807) is 4.90 Å². The first-order valence-corrected chi connectivity index (χ1v) is 11.0. The molecule has 2 aliphatic heterocycles. The van der Waals surface area contributed by atoms with Gasteiger partial charge in [0.1, 0.15) is 6.04 Å². The molecule has 2 aliphatic rings. The van der Waals surface area contributed by atoms with E-state index in [0.717, 1.165) is 19.2 Å². The Morgan fingerprint density at radius 1 is 1.23 bits per heavy atom. The lowest BCUT2D eigenvalue weighted by atomic mass is 9.92. The summed E-state index contributed by atoms with van der Waals surface area (Å²) in [5.74, 6) is -0.358. The lowest BCUT2D eigenvalue weighted by Crippen LogP contribution is -2.51. The lowest BCUT2D eigenvalue weighted by molar-refractivity contribution is -0.135. The minimum absolute atomic E-state index is 0.0412. The molecule has 0 aromatic heterocycles. The van der Waals surface area contributed by atoms with Gasteiger partial charge in [0.15, 0.2) is 0 Å². The van der Waals surface area contributed by atoms with Crippen LogP contribution in [0.3, 0.4) is 0 Å². The van der Waals surface area contributed by atoms with E-state index in [-0.39, 0.29) is 29.3 Å². The van der Waals surface area contributed by atoms with Crippen LogP contribution in [-0.4, -0.2) is 80.6 Å². The average Bonchev–Trinajstić information content (AvgIpc) is 2.77. The predicted molar refractivity (Wildman–Crippen MR) is 100 cm³/mol. The Kier molecular flexibility index (Phi) is 6.35. The third-order valence-corrected chi connectivity index (χ3v) is 5.60. The molecule has 2 heterocycles. The average molecular weight is 389 g/mol. The summed E-state index contributed by atoms with van der Waals surface area (Å²) in [5, 5.41) is 2.76. The second kappa shape index (κ2) is 7.82. The van der Waals surface area contributed by atoms with Crippen LogP contribution in [0.4, 0.5) is 0 Å². The van der Waals surface area contributed by atoms with E-state index >= 15 is 0 Å². The summed E-state index contributed by atoms with van der Waals surface area (Å²) in [5.41, 5.74) is 0.176. The number of carbonyl (C=O) groups excluding carboxylic acids is 2. The molecular formula is C17H32N4O4S. The molecule has 150 valence electrons. The van der Waals surface area contributed by atoms with Gasteiger partial charge in [-0.2, -0.15) is 0 Å². The molecule has 0 unspecified atom stereocenters. The van der Waals surface area contributed by atoms with Crippen LogP contribution in [0.2, 0.25) is 0 Å². The lowest BCUT2D eigenvalue weighted by Gasteiger charge is -2.28. The van der Waals surface area contributed by atoms with Crippen molar-refractivity contribution >= 4 is 21.8 Å². The van der Waals surface area contributed by atoms with Gasteiger partial charge in [-0.15, -0.1) is 0 Å². The minimum atomic E-state index is -3.32. The molecule has 0 saturated carbocycles. The number of nitrogens with zero attached hydrogens (tertiary/aromatic N) is 2. The molecule has 0 radical (unpaired) electrons. The molecule has 0 aliphatic carbocycles. The van der Waals surface area contributed by atoms with E-state index in [0.29, 0.717) is 26.1 Å². The summed E-state index contributed by atoms with van der Waals surface area (Å²) in [7, 11) is -3.32. The Hall–Kier alpha value is -1.19. The van der Waals surface area contributed by atoms with Crippen molar-refractivity contribution in [2.75, 3.05) is 32.4 Å².